The highest BCUT2D eigenvalue weighted by molar-refractivity contribution is 6.31. The van der Waals surface area contributed by atoms with E-state index in [1.807, 2.05) is 0 Å². The number of alkyl halides is 6. The van der Waals surface area contributed by atoms with E-state index in [0.29, 0.717) is 6.07 Å². The lowest BCUT2D eigenvalue weighted by molar-refractivity contribution is -0.376. The second-order valence-electron chi connectivity index (χ2n) is 3.19. The minimum Gasteiger partial charge on any atom is -0.369 e. The largest absolute Gasteiger partial charge is 0.430 e. The molecule has 0 unspecified atom stereocenters. The second kappa shape index (κ2) is 4.06. The summed E-state index contributed by atoms with van der Waals surface area (Å²) in [6.07, 6.45) is -11.8. The zero-order valence-electron chi connectivity index (χ0n) is 7.90. The quantitative estimate of drug-likeness (QED) is 0.778. The van der Waals surface area contributed by atoms with Crippen molar-refractivity contribution in [2.75, 3.05) is 0 Å². The number of benzene rings is 1. The van der Waals surface area contributed by atoms with E-state index < -0.39 is 28.5 Å². The summed E-state index contributed by atoms with van der Waals surface area (Å²) in [5, 5.41) is 8.19. The summed E-state index contributed by atoms with van der Waals surface area (Å²) < 4.78 is 74.6. The van der Waals surface area contributed by atoms with Crippen LogP contribution in [0.4, 0.5) is 26.3 Å². The third-order valence-electron chi connectivity index (χ3n) is 2.08. The lowest BCUT2D eigenvalue weighted by Gasteiger charge is -2.33. The molecule has 8 heteroatoms. The van der Waals surface area contributed by atoms with Crippen LogP contribution in [0.25, 0.3) is 0 Å². The Hall–Kier alpha value is -0.950. The lowest BCUT2D eigenvalue weighted by Crippen LogP contribution is -2.54. The highest BCUT2D eigenvalue weighted by Gasteiger charge is 2.71. The van der Waals surface area contributed by atoms with Crippen molar-refractivity contribution in [3.63, 3.8) is 0 Å². The molecule has 0 heterocycles. The molecule has 1 N–H and O–H groups in total. The molecule has 96 valence electrons. The lowest BCUT2D eigenvalue weighted by atomic mass is 9.92. The van der Waals surface area contributed by atoms with Gasteiger partial charge < -0.3 is 5.11 Å². The van der Waals surface area contributed by atoms with Gasteiger partial charge in [0.25, 0.3) is 5.60 Å². The van der Waals surface area contributed by atoms with Crippen LogP contribution >= 0.6 is 11.6 Å². The van der Waals surface area contributed by atoms with Gasteiger partial charge in [-0.25, -0.2) is 0 Å². The summed E-state index contributed by atoms with van der Waals surface area (Å²) in [5.74, 6) is 0. The van der Waals surface area contributed by atoms with Crippen LogP contribution in [0.2, 0.25) is 5.02 Å². The average Bonchev–Trinajstić information content (AvgIpc) is 2.13. The fourth-order valence-corrected chi connectivity index (χ4v) is 1.49. The van der Waals surface area contributed by atoms with Crippen LogP contribution in [0.15, 0.2) is 24.3 Å². The molecule has 1 aromatic carbocycles. The Morgan fingerprint density at radius 3 is 1.65 bits per heavy atom. The van der Waals surface area contributed by atoms with E-state index in [-0.39, 0.29) is 0 Å². The molecule has 0 atom stereocenters. The van der Waals surface area contributed by atoms with Gasteiger partial charge in [-0.2, -0.15) is 26.3 Å². The van der Waals surface area contributed by atoms with Gasteiger partial charge in [0.15, 0.2) is 0 Å². The van der Waals surface area contributed by atoms with E-state index in [9.17, 15) is 26.3 Å². The Morgan fingerprint density at radius 2 is 1.29 bits per heavy atom. The smallest absolute Gasteiger partial charge is 0.369 e. The Morgan fingerprint density at radius 1 is 0.882 bits per heavy atom. The van der Waals surface area contributed by atoms with Gasteiger partial charge in [0.1, 0.15) is 0 Å². The monoisotopic (exact) mass is 278 g/mol. The van der Waals surface area contributed by atoms with Crippen molar-refractivity contribution >= 4 is 11.6 Å². The maximum absolute atomic E-state index is 12.4. The third kappa shape index (κ3) is 2.21. The molecule has 0 aliphatic heterocycles. The summed E-state index contributed by atoms with van der Waals surface area (Å²) >= 11 is 5.26. The van der Waals surface area contributed by atoms with Crippen molar-refractivity contribution in [1.29, 1.82) is 0 Å². The number of hydrogen-bond acceptors (Lipinski definition) is 1. The first-order valence-corrected chi connectivity index (χ1v) is 4.50. The highest BCUT2D eigenvalue weighted by Crippen LogP contribution is 2.51. The zero-order valence-corrected chi connectivity index (χ0v) is 8.66. The number of halogens is 7. The van der Waals surface area contributed by atoms with E-state index in [1.165, 1.54) is 0 Å². The second-order valence-corrected chi connectivity index (χ2v) is 3.59. The predicted octanol–water partition coefficient (Wildman–Crippen LogP) is 3.65. The molecule has 0 aliphatic carbocycles. The molecule has 1 aromatic rings. The molecule has 0 bridgehead atoms. The third-order valence-corrected chi connectivity index (χ3v) is 2.41. The Kier molecular flexibility index (Phi) is 3.37. The molecule has 1 nitrogen and oxygen atoms in total. The van der Waals surface area contributed by atoms with E-state index in [1.54, 1.807) is 0 Å². The van der Waals surface area contributed by atoms with Crippen LogP contribution < -0.4 is 0 Å². The molecule has 0 saturated carbocycles. The van der Waals surface area contributed by atoms with Crippen LogP contribution in [-0.2, 0) is 5.60 Å². The molecule has 0 radical (unpaired) electrons. The maximum atomic E-state index is 12.4. The van der Waals surface area contributed by atoms with Gasteiger partial charge in [-0.15, -0.1) is 0 Å². The van der Waals surface area contributed by atoms with Crippen LogP contribution in [0.3, 0.4) is 0 Å². The Balaban J connectivity index is 3.53. The summed E-state index contributed by atoms with van der Waals surface area (Å²) in [6, 6.07) is 3.38. The Labute approximate surface area is 96.6 Å². The molecule has 0 fully saturated rings. The molecule has 0 aliphatic rings. The van der Waals surface area contributed by atoms with Crippen LogP contribution in [-0.4, -0.2) is 17.5 Å². The first-order chi connectivity index (χ1) is 7.52. The first kappa shape index (κ1) is 14.1. The summed E-state index contributed by atoms with van der Waals surface area (Å²) in [6.45, 7) is 0. The van der Waals surface area contributed by atoms with E-state index in [4.69, 9.17) is 16.7 Å². The van der Waals surface area contributed by atoms with Crippen molar-refractivity contribution < 1.29 is 31.4 Å². The summed E-state index contributed by atoms with van der Waals surface area (Å²) in [5.41, 5.74) is -6.42. The van der Waals surface area contributed by atoms with Gasteiger partial charge in [0.2, 0.25) is 0 Å². The summed E-state index contributed by atoms with van der Waals surface area (Å²) in [4.78, 5) is 0. The fourth-order valence-electron chi connectivity index (χ4n) is 1.22. The normalized spacial score (nSPS) is 13.9. The van der Waals surface area contributed by atoms with Crippen molar-refractivity contribution in [3.05, 3.63) is 34.9 Å². The number of hydrogen-bond donors (Lipinski definition) is 1. The minimum absolute atomic E-state index is 0.476. The average molecular weight is 279 g/mol. The molecule has 0 amide bonds. The minimum atomic E-state index is -5.92. The van der Waals surface area contributed by atoms with Gasteiger partial charge in [-0.05, 0) is 6.07 Å². The maximum Gasteiger partial charge on any atom is 0.430 e. The topological polar surface area (TPSA) is 20.2 Å². The van der Waals surface area contributed by atoms with Gasteiger partial charge in [0.05, 0.1) is 0 Å². The summed E-state index contributed by atoms with van der Waals surface area (Å²) in [7, 11) is 0. The number of rotatable bonds is 1. The predicted molar refractivity (Wildman–Crippen MR) is 47.5 cm³/mol. The van der Waals surface area contributed by atoms with E-state index >= 15 is 0 Å². The highest BCUT2D eigenvalue weighted by atomic mass is 35.5. The SMILES string of the molecule is OC(c1ccccc1Cl)(C(F)(F)F)C(F)(F)F. The molecular weight excluding hydrogens is 274 g/mol. The van der Waals surface area contributed by atoms with Crippen molar-refractivity contribution in [1.82, 2.24) is 0 Å². The van der Waals surface area contributed by atoms with Crippen LogP contribution in [0.5, 0.6) is 0 Å². The van der Waals surface area contributed by atoms with Crippen LogP contribution in [0.1, 0.15) is 5.56 Å². The molecule has 0 saturated heterocycles. The van der Waals surface area contributed by atoms with Gasteiger partial charge in [0, 0.05) is 10.6 Å². The fraction of sp³-hybridized carbons (Fsp3) is 0.333. The van der Waals surface area contributed by atoms with Crippen molar-refractivity contribution in [3.8, 4) is 0 Å². The zero-order chi connectivity index (χ0) is 13.5. The molecular formula is C9H5ClF6O. The Bertz CT molecular complexity index is 397. The molecule has 17 heavy (non-hydrogen) atoms. The molecule has 1 rings (SSSR count). The van der Waals surface area contributed by atoms with Crippen LogP contribution in [0, 0.1) is 0 Å². The molecule has 0 spiro atoms. The van der Waals surface area contributed by atoms with Crippen molar-refractivity contribution in [2.45, 2.75) is 18.0 Å². The first-order valence-electron chi connectivity index (χ1n) is 4.12. The van der Waals surface area contributed by atoms with Crippen molar-refractivity contribution in [2.24, 2.45) is 0 Å². The van der Waals surface area contributed by atoms with E-state index in [0.717, 1.165) is 18.2 Å². The van der Waals surface area contributed by atoms with Gasteiger partial charge >= 0.3 is 12.4 Å². The molecule has 0 aromatic heterocycles. The standard InChI is InChI=1S/C9H5ClF6O/c10-6-4-2-1-3-5(6)7(17,8(11,12)13)9(14,15)16/h1-4,17H. The van der Waals surface area contributed by atoms with Gasteiger partial charge in [-0.1, -0.05) is 29.8 Å². The number of aliphatic hydroxyl groups is 1. The van der Waals surface area contributed by atoms with E-state index in [2.05, 4.69) is 0 Å². The van der Waals surface area contributed by atoms with Gasteiger partial charge in [-0.3, -0.25) is 0 Å².